The van der Waals surface area contributed by atoms with Gasteiger partial charge in [-0.1, -0.05) is 18.2 Å². The third-order valence-corrected chi connectivity index (χ3v) is 2.65. The lowest BCUT2D eigenvalue weighted by Crippen LogP contribution is -1.97. The van der Waals surface area contributed by atoms with Crippen molar-refractivity contribution < 1.29 is 4.74 Å². The van der Waals surface area contributed by atoms with Gasteiger partial charge in [-0.15, -0.1) is 0 Å². The molecule has 0 unspecified atom stereocenters. The van der Waals surface area contributed by atoms with E-state index in [0.29, 0.717) is 6.61 Å². The third kappa shape index (κ3) is 1.32. The van der Waals surface area contributed by atoms with E-state index in [0.717, 1.165) is 0 Å². The molecule has 1 heterocycles. The number of ether oxygens (including phenoxy) is 1. The number of benzene rings is 1. The highest BCUT2D eigenvalue weighted by atomic mass is 16.5. The molecule has 1 aromatic heterocycles. The predicted molar refractivity (Wildman–Crippen MR) is 58.4 cm³/mol. The van der Waals surface area contributed by atoms with E-state index in [2.05, 4.69) is 42.8 Å². The summed E-state index contributed by atoms with van der Waals surface area (Å²) in [4.78, 5) is 0. The van der Waals surface area contributed by atoms with E-state index in [1.807, 2.05) is 0 Å². The minimum absolute atomic E-state index is 0.671. The van der Waals surface area contributed by atoms with E-state index in [4.69, 9.17) is 4.74 Å². The van der Waals surface area contributed by atoms with Gasteiger partial charge in [0.25, 0.3) is 0 Å². The molecule has 0 spiro atoms. The number of hydrogen-bond acceptors (Lipinski definition) is 1. The highest BCUT2D eigenvalue weighted by molar-refractivity contribution is 5.84. The lowest BCUT2D eigenvalue weighted by molar-refractivity contribution is 0.179. The number of para-hydroxylation sites is 1. The van der Waals surface area contributed by atoms with Gasteiger partial charge >= 0.3 is 0 Å². The van der Waals surface area contributed by atoms with Crippen molar-refractivity contribution in [2.24, 2.45) is 7.05 Å². The van der Waals surface area contributed by atoms with E-state index in [-0.39, 0.29) is 0 Å². The van der Waals surface area contributed by atoms with Crippen molar-refractivity contribution in [3.63, 3.8) is 0 Å². The summed E-state index contributed by atoms with van der Waals surface area (Å²) < 4.78 is 7.36. The van der Waals surface area contributed by atoms with Crippen LogP contribution in [0.3, 0.4) is 0 Å². The van der Waals surface area contributed by atoms with Gasteiger partial charge < -0.3 is 9.30 Å². The van der Waals surface area contributed by atoms with Crippen LogP contribution in [0.15, 0.2) is 24.3 Å². The van der Waals surface area contributed by atoms with Crippen molar-refractivity contribution >= 4 is 10.9 Å². The Kier molecular flexibility index (Phi) is 2.30. The average Bonchev–Trinajstić information content (AvgIpc) is 2.46. The molecular formula is C12H15NO. The van der Waals surface area contributed by atoms with Crippen LogP contribution in [-0.4, -0.2) is 11.7 Å². The maximum Gasteiger partial charge on any atom is 0.0864 e. The zero-order chi connectivity index (χ0) is 10.1. The Morgan fingerprint density at radius 2 is 2.14 bits per heavy atom. The SMILES string of the molecule is COCc1cc2cccc(C)c2n1C. The Balaban J connectivity index is 2.68. The van der Waals surface area contributed by atoms with E-state index < -0.39 is 0 Å². The summed E-state index contributed by atoms with van der Waals surface area (Å²) in [5.41, 5.74) is 3.84. The number of methoxy groups -OCH3 is 1. The van der Waals surface area contributed by atoms with Crippen molar-refractivity contribution in [1.82, 2.24) is 4.57 Å². The fraction of sp³-hybridized carbons (Fsp3) is 0.333. The van der Waals surface area contributed by atoms with Crippen molar-refractivity contribution in [2.45, 2.75) is 13.5 Å². The molecule has 0 radical (unpaired) electrons. The summed E-state index contributed by atoms with van der Waals surface area (Å²) >= 11 is 0. The highest BCUT2D eigenvalue weighted by Crippen LogP contribution is 2.22. The monoisotopic (exact) mass is 189 g/mol. The van der Waals surface area contributed by atoms with Gasteiger partial charge in [-0.2, -0.15) is 0 Å². The molecule has 2 aromatic rings. The lowest BCUT2D eigenvalue weighted by Gasteiger charge is -2.04. The van der Waals surface area contributed by atoms with Crippen LogP contribution in [0.4, 0.5) is 0 Å². The van der Waals surface area contributed by atoms with Crippen LogP contribution >= 0.6 is 0 Å². The van der Waals surface area contributed by atoms with Gasteiger partial charge in [0.05, 0.1) is 12.1 Å². The van der Waals surface area contributed by atoms with Crippen LogP contribution < -0.4 is 0 Å². The molecule has 0 aliphatic carbocycles. The molecule has 0 aliphatic heterocycles. The zero-order valence-electron chi connectivity index (χ0n) is 8.87. The van der Waals surface area contributed by atoms with Gasteiger partial charge in [-0.25, -0.2) is 0 Å². The van der Waals surface area contributed by atoms with Crippen molar-refractivity contribution in [1.29, 1.82) is 0 Å². The Morgan fingerprint density at radius 1 is 1.36 bits per heavy atom. The Hall–Kier alpha value is -1.28. The number of nitrogens with zero attached hydrogens (tertiary/aromatic N) is 1. The van der Waals surface area contributed by atoms with Gasteiger partial charge in [0.2, 0.25) is 0 Å². The van der Waals surface area contributed by atoms with Crippen LogP contribution in [0, 0.1) is 6.92 Å². The van der Waals surface area contributed by atoms with E-state index in [9.17, 15) is 0 Å². The van der Waals surface area contributed by atoms with Gasteiger partial charge in [0.15, 0.2) is 0 Å². The molecule has 2 nitrogen and oxygen atoms in total. The summed E-state index contributed by atoms with van der Waals surface area (Å²) in [5.74, 6) is 0. The summed E-state index contributed by atoms with van der Waals surface area (Å²) in [6.45, 7) is 2.81. The van der Waals surface area contributed by atoms with Crippen LogP contribution in [-0.2, 0) is 18.4 Å². The molecule has 1 aromatic carbocycles. The molecule has 2 rings (SSSR count). The second-order valence-electron chi connectivity index (χ2n) is 3.64. The fourth-order valence-corrected chi connectivity index (χ4v) is 1.96. The molecule has 74 valence electrons. The molecule has 0 saturated heterocycles. The van der Waals surface area contributed by atoms with E-state index in [1.165, 1.54) is 22.2 Å². The summed E-state index contributed by atoms with van der Waals surface area (Å²) in [5, 5.41) is 1.29. The van der Waals surface area contributed by atoms with Gasteiger partial charge in [-0.3, -0.25) is 0 Å². The molecule has 0 atom stereocenters. The fourth-order valence-electron chi connectivity index (χ4n) is 1.96. The summed E-state index contributed by atoms with van der Waals surface area (Å²) in [7, 11) is 3.81. The van der Waals surface area contributed by atoms with E-state index in [1.54, 1.807) is 7.11 Å². The highest BCUT2D eigenvalue weighted by Gasteiger charge is 2.06. The first kappa shape index (κ1) is 9.28. The Labute approximate surface area is 84.1 Å². The van der Waals surface area contributed by atoms with Gasteiger partial charge in [0.1, 0.15) is 0 Å². The number of hydrogen-bond donors (Lipinski definition) is 0. The number of aryl methyl sites for hydroxylation is 2. The molecule has 14 heavy (non-hydrogen) atoms. The van der Waals surface area contributed by atoms with Gasteiger partial charge in [-0.05, 0) is 18.6 Å². The summed E-state index contributed by atoms with van der Waals surface area (Å²) in [6, 6.07) is 8.56. The minimum atomic E-state index is 0.671. The smallest absolute Gasteiger partial charge is 0.0864 e. The predicted octanol–water partition coefficient (Wildman–Crippen LogP) is 2.63. The van der Waals surface area contributed by atoms with Crippen molar-refractivity contribution in [2.75, 3.05) is 7.11 Å². The molecule has 0 N–H and O–H groups in total. The van der Waals surface area contributed by atoms with Crippen LogP contribution in [0.5, 0.6) is 0 Å². The Morgan fingerprint density at radius 3 is 2.79 bits per heavy atom. The number of aromatic nitrogens is 1. The van der Waals surface area contributed by atoms with Crippen LogP contribution in [0.2, 0.25) is 0 Å². The average molecular weight is 189 g/mol. The molecule has 0 bridgehead atoms. The first-order chi connectivity index (χ1) is 6.74. The van der Waals surface area contributed by atoms with Crippen LogP contribution in [0.25, 0.3) is 10.9 Å². The normalized spacial score (nSPS) is 11.1. The number of fused-ring (bicyclic) bond motifs is 1. The second kappa shape index (κ2) is 3.46. The molecule has 0 aliphatic rings. The molecule has 0 amide bonds. The van der Waals surface area contributed by atoms with Gasteiger partial charge in [0, 0.05) is 25.2 Å². The molecule has 0 saturated carbocycles. The largest absolute Gasteiger partial charge is 0.378 e. The van der Waals surface area contributed by atoms with Crippen LogP contribution in [0.1, 0.15) is 11.3 Å². The molecular weight excluding hydrogens is 174 g/mol. The number of rotatable bonds is 2. The molecule has 2 heteroatoms. The topological polar surface area (TPSA) is 14.2 Å². The third-order valence-electron chi connectivity index (χ3n) is 2.65. The minimum Gasteiger partial charge on any atom is -0.378 e. The lowest BCUT2D eigenvalue weighted by atomic mass is 10.2. The first-order valence-corrected chi connectivity index (χ1v) is 4.77. The van der Waals surface area contributed by atoms with Crippen molar-refractivity contribution in [3.8, 4) is 0 Å². The first-order valence-electron chi connectivity index (χ1n) is 4.77. The maximum absolute atomic E-state index is 5.16. The summed E-state index contributed by atoms with van der Waals surface area (Å²) in [6.07, 6.45) is 0. The molecule has 0 fully saturated rings. The standard InChI is InChI=1S/C12H15NO/c1-9-5-4-6-10-7-11(8-14-3)13(2)12(9)10/h4-7H,8H2,1-3H3. The van der Waals surface area contributed by atoms with E-state index >= 15 is 0 Å². The van der Waals surface area contributed by atoms with Crippen molar-refractivity contribution in [3.05, 3.63) is 35.5 Å². The maximum atomic E-state index is 5.16. The zero-order valence-corrected chi connectivity index (χ0v) is 8.87. The Bertz CT molecular complexity index is 457. The second-order valence-corrected chi connectivity index (χ2v) is 3.64. The quantitative estimate of drug-likeness (QED) is 0.708.